The Labute approximate surface area is 799 Å². The molecule has 0 bridgehead atoms. The molecule has 6 heterocycles. The summed E-state index contributed by atoms with van der Waals surface area (Å²) < 4.78 is 17.6. The van der Waals surface area contributed by atoms with Crippen LogP contribution < -0.4 is 0 Å². The van der Waals surface area contributed by atoms with Crippen molar-refractivity contribution in [1.29, 1.82) is 0 Å². The van der Waals surface area contributed by atoms with Crippen LogP contribution in [-0.4, -0.2) is 59.4 Å². The van der Waals surface area contributed by atoms with Crippen molar-refractivity contribution in [2.75, 3.05) is 0 Å². The molecule has 0 amide bonds. The van der Waals surface area contributed by atoms with E-state index in [1.807, 2.05) is 0 Å². The Kier molecular flexibility index (Phi) is 22.7. The molecule has 0 fully saturated rings. The van der Waals surface area contributed by atoms with Gasteiger partial charge in [0.1, 0.15) is 0 Å². The van der Waals surface area contributed by atoms with E-state index in [9.17, 15) is 0 Å². The highest BCUT2D eigenvalue weighted by molar-refractivity contribution is 9.10. The molecule has 6 aromatic heterocycles. The molecule has 0 saturated heterocycles. The highest BCUT2D eigenvalue weighted by atomic mass is 79.9. The maximum absolute atomic E-state index is 3.64. The number of rotatable bonds is 6. The second-order valence-corrected chi connectivity index (χ2v) is 68.0. The average Bonchev–Trinajstić information content (AvgIpc) is 1.53. The summed E-state index contributed by atoms with van der Waals surface area (Å²) in [6, 6.07) is 94.8. The van der Waals surface area contributed by atoms with Crippen LogP contribution in [0.4, 0.5) is 0 Å². The van der Waals surface area contributed by atoms with E-state index in [1.54, 1.807) is 11.1 Å². The molecule has 0 spiro atoms. The van der Waals surface area contributed by atoms with Crippen molar-refractivity contribution in [2.45, 2.75) is 215 Å². The Morgan fingerprint density at radius 2 is 0.496 bits per heavy atom. The fourth-order valence-electron chi connectivity index (χ4n) is 22.2. The number of benzene rings is 12. The van der Waals surface area contributed by atoms with Gasteiger partial charge in [0.25, 0.3) is 0 Å². The van der Waals surface area contributed by atoms with Crippen molar-refractivity contribution in [1.82, 2.24) is 26.7 Å². The van der Waals surface area contributed by atoms with Gasteiger partial charge in [-0.25, -0.2) is 0 Å². The summed E-state index contributed by atoms with van der Waals surface area (Å²) in [5.41, 5.74) is 49.8. The van der Waals surface area contributed by atoms with Gasteiger partial charge in [-0.05, 0) is 192 Å². The van der Waals surface area contributed by atoms with Crippen molar-refractivity contribution >= 4 is 130 Å². The second kappa shape index (κ2) is 33.1. The zero-order valence-electron chi connectivity index (χ0n) is 81.8. The molecule has 666 valence electrons. The van der Waals surface area contributed by atoms with Gasteiger partial charge >= 0.3 is 0 Å². The van der Waals surface area contributed by atoms with Gasteiger partial charge in [-0.15, -0.1) is 0 Å². The molecule has 18 aromatic rings. The van der Waals surface area contributed by atoms with Crippen LogP contribution in [0, 0.1) is 6.92 Å². The molecule has 0 radical (unpaired) electrons. The van der Waals surface area contributed by atoms with Crippen molar-refractivity contribution in [3.8, 4) is 67.5 Å². The molecular formula is C119H130Br2N6Si4. The third kappa shape index (κ3) is 16.4. The van der Waals surface area contributed by atoms with E-state index in [0.717, 1.165) is 43.0 Å². The van der Waals surface area contributed by atoms with Gasteiger partial charge in [-0.1, -0.05) is 348 Å². The van der Waals surface area contributed by atoms with E-state index in [0.29, 0.717) is 0 Å². The van der Waals surface area contributed by atoms with Crippen LogP contribution >= 0.6 is 31.9 Å². The minimum atomic E-state index is -1.52. The minimum absolute atomic E-state index is 0.188. The van der Waals surface area contributed by atoms with Crippen molar-refractivity contribution < 1.29 is 0 Å². The lowest BCUT2D eigenvalue weighted by atomic mass is 9.86. The third-order valence-corrected chi connectivity index (χ3v) is 35.3. The summed E-state index contributed by atoms with van der Waals surface area (Å²) in [7, 11) is -1.07. The van der Waals surface area contributed by atoms with Gasteiger partial charge in [-0.3, -0.25) is 0 Å². The first-order valence-electron chi connectivity index (χ1n) is 47.6. The summed E-state index contributed by atoms with van der Waals surface area (Å²) >= 11 is 7.21. The standard InChI is InChI=1S/C23H29NSi.C22H27NSi.C20H23NSi.C20H21N.C18H18BrNSi.C16H12BrN/c1-23(2,3)17-11-12-21-19(14-17)20-13-16-9-7-8-10-18(16)22(20)24(21)15-25(4,5)6;1-22(2,3)16-11-12-20-18(14-16)19-13-15-9-7-8-10-17(15)21(19)23(20)24(4,5)6;1-14-9-10-19-17(11-14)18-12-15-7-5-6-8-16(15)20(18)21(19)13-22(2,3)4;1-20(2,3)14-9-10-18-16(12-14)17-11-13-7-5-6-8-15(13)19(17)21(18)4;1-21(2,3)20-17-9-8-13(19)11-15(17)16-10-12-6-4-5-7-14(12)18(16)20;1-18-15-7-6-11(17)9-13(15)14-8-10-4-2-3-5-12(10)16(14)18/h7-12,14H,13,15H2,1-6H3;7-12,14H,13H2,1-6H3;5-11H,12-13H2,1-4H3;5-10,12H,11H2,1-4H3;4-9,11H,10H2,1-3H3;2-7,9H,8H2,1H3. The molecule has 6 nitrogen and oxygen atoms in total. The summed E-state index contributed by atoms with van der Waals surface area (Å²) in [6.07, 6.45) is 8.80. The van der Waals surface area contributed by atoms with Crippen LogP contribution in [0.25, 0.3) is 133 Å². The molecule has 6 aliphatic carbocycles. The molecule has 0 N–H and O–H groups in total. The Hall–Kier alpha value is -10.3. The van der Waals surface area contributed by atoms with E-state index < -0.39 is 32.6 Å². The molecule has 131 heavy (non-hydrogen) atoms. The van der Waals surface area contributed by atoms with E-state index in [1.165, 1.54) is 228 Å². The molecule has 0 saturated carbocycles. The Balaban J connectivity index is 0.000000102. The summed E-state index contributed by atoms with van der Waals surface area (Å²) in [6.45, 7) is 52.3. The lowest BCUT2D eigenvalue weighted by Gasteiger charge is -2.24. The highest BCUT2D eigenvalue weighted by Crippen LogP contribution is 2.52. The number of aryl methyl sites for hydroxylation is 3. The topological polar surface area (TPSA) is 29.6 Å². The first kappa shape index (κ1) is 89.9. The predicted octanol–water partition coefficient (Wildman–Crippen LogP) is 33.2. The minimum Gasteiger partial charge on any atom is -0.368 e. The smallest absolute Gasteiger partial charge is 0.153 e. The Morgan fingerprint density at radius 1 is 0.260 bits per heavy atom. The maximum atomic E-state index is 3.64. The van der Waals surface area contributed by atoms with Gasteiger partial charge in [0.15, 0.2) is 16.5 Å². The average molecular weight is 1920 g/mol. The van der Waals surface area contributed by atoms with Crippen molar-refractivity contribution in [2.24, 2.45) is 14.1 Å². The highest BCUT2D eigenvalue weighted by Gasteiger charge is 2.38. The third-order valence-electron chi connectivity index (χ3n) is 28.2. The van der Waals surface area contributed by atoms with E-state index in [-0.39, 0.29) is 16.2 Å². The lowest BCUT2D eigenvalue weighted by Crippen LogP contribution is -2.32. The summed E-state index contributed by atoms with van der Waals surface area (Å²) in [4.78, 5) is 0. The molecule has 12 aromatic carbocycles. The first-order valence-corrected chi connectivity index (χ1v) is 63.5. The SMILES string of the molecule is CC(C)(C)c1ccc2c(c1)c1c(n2C[Si](C)(C)C)-c2ccccc2C1.CC(C)(C)c1ccc2c(c1)c1c(n2[Si](C)(C)C)-c2ccccc2C1.C[Si](C)(C)n1c2c(c3cc(Br)ccc31)Cc1ccccc1-2.Cc1ccc2c(c1)c1c(n2C[Si](C)(C)C)-c2ccccc2C1.Cn1c2c(c3cc(Br)ccc31)Cc1ccccc1-2.Cn1c2c(c3cc(C(C)(C)C)ccc31)Cc1ccccc1-2. The van der Waals surface area contributed by atoms with Gasteiger partial charge in [0.05, 0.1) is 38.9 Å². The normalized spacial score (nSPS) is 13.6. The van der Waals surface area contributed by atoms with Crippen LogP contribution in [0.3, 0.4) is 0 Å². The maximum Gasteiger partial charge on any atom is 0.153 e. The van der Waals surface area contributed by atoms with Crippen LogP contribution in [0.2, 0.25) is 78.6 Å². The molecule has 6 aliphatic rings. The second-order valence-electron chi connectivity index (χ2n) is 45.7. The fourth-order valence-corrected chi connectivity index (χ4v) is 29.2. The van der Waals surface area contributed by atoms with Crippen molar-refractivity contribution in [3.05, 3.63) is 353 Å². The Morgan fingerprint density at radius 3 is 0.824 bits per heavy atom. The number of hydrogen-bond acceptors (Lipinski definition) is 0. The van der Waals surface area contributed by atoms with Gasteiger partial charge < -0.3 is 26.7 Å². The van der Waals surface area contributed by atoms with Crippen LogP contribution in [-0.2, 0) is 81.2 Å². The fraction of sp³-hybridized carbons (Fsp3) is 0.294. The monoisotopic (exact) mass is 1910 g/mol. The van der Waals surface area contributed by atoms with Gasteiger partial charge in [0.2, 0.25) is 0 Å². The number of nitrogens with zero attached hydrogens (tertiary/aromatic N) is 6. The molecule has 0 atom stereocenters. The predicted molar refractivity (Wildman–Crippen MR) is 583 cm³/mol. The molecule has 24 rings (SSSR count). The van der Waals surface area contributed by atoms with Gasteiger partial charge in [0, 0.05) is 184 Å². The zero-order chi connectivity index (χ0) is 92.6. The zero-order valence-corrected chi connectivity index (χ0v) is 89.0. The van der Waals surface area contributed by atoms with Gasteiger partial charge in [-0.2, -0.15) is 0 Å². The number of fused-ring (bicyclic) bond motifs is 30. The molecule has 0 aliphatic heterocycles. The molecular weight excluding hydrogens is 1790 g/mol. The molecule has 12 heteroatoms. The first-order chi connectivity index (χ1) is 61.9. The van der Waals surface area contributed by atoms with Crippen molar-refractivity contribution in [3.63, 3.8) is 0 Å². The van der Waals surface area contributed by atoms with Crippen LogP contribution in [0.15, 0.2) is 264 Å². The van der Waals surface area contributed by atoms with Crippen LogP contribution in [0.1, 0.15) is 151 Å². The van der Waals surface area contributed by atoms with Crippen LogP contribution in [0.5, 0.6) is 0 Å². The van der Waals surface area contributed by atoms with E-state index in [2.05, 4.69) is 475 Å². The van der Waals surface area contributed by atoms with E-state index >= 15 is 0 Å². The van der Waals surface area contributed by atoms with E-state index in [4.69, 9.17) is 0 Å². The largest absolute Gasteiger partial charge is 0.368 e. The Bertz CT molecular complexity index is 7640. The quantitative estimate of drug-likeness (QED) is 0.149. The number of halogens is 2. The number of aromatic nitrogens is 6. The lowest BCUT2D eigenvalue weighted by molar-refractivity contribution is 0.591. The number of hydrogen-bond donors (Lipinski definition) is 0. The summed E-state index contributed by atoms with van der Waals surface area (Å²) in [5.74, 6) is 0. The molecule has 0 unspecified atom stereocenters. The summed E-state index contributed by atoms with van der Waals surface area (Å²) in [5, 5.41) is 8.62.